The average molecular weight is 304 g/mol. The molecule has 0 aliphatic carbocycles. The van der Waals surface area contributed by atoms with E-state index in [0.29, 0.717) is 6.42 Å². The number of hydrogen-bond acceptors (Lipinski definition) is 3. The van der Waals surface area contributed by atoms with Crippen molar-refractivity contribution in [2.45, 2.75) is 39.4 Å². The summed E-state index contributed by atoms with van der Waals surface area (Å²) in [6, 6.07) is 1.56. The highest BCUT2D eigenvalue weighted by molar-refractivity contribution is 5.94. The lowest BCUT2D eigenvalue weighted by Crippen LogP contribution is -2.44. The lowest BCUT2D eigenvalue weighted by atomic mass is 9.85. The Kier molecular flexibility index (Phi) is 5.33. The van der Waals surface area contributed by atoms with Gasteiger partial charge < -0.3 is 10.4 Å². The van der Waals surface area contributed by atoms with Crippen molar-refractivity contribution < 1.29 is 23.1 Å². The van der Waals surface area contributed by atoms with E-state index in [1.165, 1.54) is 0 Å². The summed E-state index contributed by atoms with van der Waals surface area (Å²) in [6.07, 6.45) is -3.26. The first-order chi connectivity index (χ1) is 9.55. The van der Waals surface area contributed by atoms with Crippen LogP contribution in [0.15, 0.2) is 18.3 Å². The minimum absolute atomic E-state index is 0.0511. The molecular weight excluding hydrogens is 285 g/mol. The Balaban J connectivity index is 2.84. The molecule has 0 fully saturated rings. The molecule has 2 N–H and O–H groups in total. The molecule has 0 bridgehead atoms. The summed E-state index contributed by atoms with van der Waals surface area (Å²) in [5.41, 5.74) is -1.27. The lowest BCUT2D eigenvalue weighted by Gasteiger charge is -2.31. The first kappa shape index (κ1) is 17.4. The Morgan fingerprint density at radius 1 is 1.33 bits per heavy atom. The van der Waals surface area contributed by atoms with Gasteiger partial charge in [0.05, 0.1) is 5.56 Å². The van der Waals surface area contributed by atoms with Gasteiger partial charge in [0.15, 0.2) is 0 Å². The number of nitrogens with one attached hydrogen (secondary N) is 1. The van der Waals surface area contributed by atoms with Crippen LogP contribution >= 0.6 is 0 Å². The highest BCUT2D eigenvalue weighted by Gasteiger charge is 2.32. The standard InChI is InChI=1S/C14H19F3N2O2/c1-13(2,3)10(6-7-20)19-12(21)9-4-5-11(18-8-9)14(15,16)17/h4-5,8,10,20H,6-7H2,1-3H3,(H,19,21). The molecule has 21 heavy (non-hydrogen) atoms. The zero-order chi connectivity index (χ0) is 16.3. The van der Waals surface area contributed by atoms with Crippen LogP contribution in [0.5, 0.6) is 0 Å². The van der Waals surface area contributed by atoms with Gasteiger partial charge >= 0.3 is 6.18 Å². The van der Waals surface area contributed by atoms with Gasteiger partial charge in [-0.15, -0.1) is 0 Å². The molecule has 0 saturated carbocycles. The monoisotopic (exact) mass is 304 g/mol. The number of carbonyl (C=O) groups is 1. The smallest absolute Gasteiger partial charge is 0.396 e. The first-order valence-corrected chi connectivity index (χ1v) is 6.50. The van der Waals surface area contributed by atoms with E-state index in [1.54, 1.807) is 0 Å². The zero-order valence-electron chi connectivity index (χ0n) is 12.2. The molecule has 7 heteroatoms. The van der Waals surface area contributed by atoms with E-state index < -0.39 is 17.8 Å². The van der Waals surface area contributed by atoms with Crippen molar-refractivity contribution in [3.8, 4) is 0 Å². The van der Waals surface area contributed by atoms with Crippen LogP contribution in [-0.2, 0) is 6.18 Å². The van der Waals surface area contributed by atoms with Crippen molar-refractivity contribution in [3.05, 3.63) is 29.6 Å². The fourth-order valence-electron chi connectivity index (χ4n) is 1.79. The van der Waals surface area contributed by atoms with Crippen LogP contribution in [0.25, 0.3) is 0 Å². The Morgan fingerprint density at radius 3 is 2.33 bits per heavy atom. The third-order valence-corrected chi connectivity index (χ3v) is 3.08. The Hall–Kier alpha value is -1.63. The molecule has 1 atom stereocenters. The number of pyridine rings is 1. The minimum Gasteiger partial charge on any atom is -0.396 e. The number of hydrogen-bond donors (Lipinski definition) is 2. The van der Waals surface area contributed by atoms with Crippen molar-refractivity contribution in [2.24, 2.45) is 5.41 Å². The molecule has 1 unspecified atom stereocenters. The second kappa shape index (κ2) is 6.43. The molecule has 1 aromatic heterocycles. The van der Waals surface area contributed by atoms with Crippen LogP contribution in [-0.4, -0.2) is 28.6 Å². The van der Waals surface area contributed by atoms with Crippen LogP contribution in [0.4, 0.5) is 13.2 Å². The SMILES string of the molecule is CC(C)(C)C(CCO)NC(=O)c1ccc(C(F)(F)F)nc1. The van der Waals surface area contributed by atoms with Gasteiger partial charge in [0, 0.05) is 18.8 Å². The zero-order valence-corrected chi connectivity index (χ0v) is 12.2. The molecule has 4 nitrogen and oxygen atoms in total. The summed E-state index contributed by atoms with van der Waals surface area (Å²) in [5, 5.41) is 11.7. The van der Waals surface area contributed by atoms with E-state index in [-0.39, 0.29) is 23.6 Å². The van der Waals surface area contributed by atoms with Crippen LogP contribution in [0.3, 0.4) is 0 Å². The third-order valence-electron chi connectivity index (χ3n) is 3.08. The van der Waals surface area contributed by atoms with Gasteiger partial charge in [-0.3, -0.25) is 9.78 Å². The molecule has 1 heterocycles. The molecule has 118 valence electrons. The minimum atomic E-state index is -4.53. The molecule has 0 aromatic carbocycles. The second-order valence-corrected chi connectivity index (χ2v) is 5.83. The third kappa shape index (κ3) is 5.00. The van der Waals surface area contributed by atoms with Crippen LogP contribution in [0.2, 0.25) is 0 Å². The van der Waals surface area contributed by atoms with Gasteiger partial charge in [0.2, 0.25) is 0 Å². The Morgan fingerprint density at radius 2 is 1.95 bits per heavy atom. The highest BCUT2D eigenvalue weighted by atomic mass is 19.4. The summed E-state index contributed by atoms with van der Waals surface area (Å²) in [5.74, 6) is -0.510. The van der Waals surface area contributed by atoms with Crippen molar-refractivity contribution in [1.29, 1.82) is 0 Å². The normalized spacial score (nSPS) is 13.9. The number of rotatable bonds is 4. The van der Waals surface area contributed by atoms with Gasteiger partial charge in [-0.25, -0.2) is 0 Å². The van der Waals surface area contributed by atoms with Crippen molar-refractivity contribution in [3.63, 3.8) is 0 Å². The van der Waals surface area contributed by atoms with Crippen LogP contribution in [0, 0.1) is 5.41 Å². The maximum atomic E-state index is 12.4. The predicted molar refractivity (Wildman–Crippen MR) is 71.7 cm³/mol. The summed E-state index contributed by atoms with van der Waals surface area (Å²) < 4.78 is 37.2. The number of nitrogens with zero attached hydrogens (tertiary/aromatic N) is 1. The van der Waals surface area contributed by atoms with Gasteiger partial charge in [0.1, 0.15) is 5.69 Å². The number of aliphatic hydroxyl groups excluding tert-OH is 1. The van der Waals surface area contributed by atoms with Crippen molar-refractivity contribution in [2.75, 3.05) is 6.61 Å². The number of aliphatic hydroxyl groups is 1. The van der Waals surface area contributed by atoms with Crippen molar-refractivity contribution >= 4 is 5.91 Å². The lowest BCUT2D eigenvalue weighted by molar-refractivity contribution is -0.141. The molecule has 0 saturated heterocycles. The van der Waals surface area contributed by atoms with Crippen LogP contribution < -0.4 is 5.32 Å². The van der Waals surface area contributed by atoms with Crippen LogP contribution in [0.1, 0.15) is 43.2 Å². The Bertz CT molecular complexity index is 478. The number of alkyl halides is 3. The van der Waals surface area contributed by atoms with E-state index in [1.807, 2.05) is 20.8 Å². The molecule has 0 spiro atoms. The molecular formula is C14H19F3N2O2. The largest absolute Gasteiger partial charge is 0.433 e. The fourth-order valence-corrected chi connectivity index (χ4v) is 1.79. The highest BCUT2D eigenvalue weighted by Crippen LogP contribution is 2.27. The maximum Gasteiger partial charge on any atom is 0.433 e. The van der Waals surface area contributed by atoms with E-state index in [9.17, 15) is 18.0 Å². The van der Waals surface area contributed by atoms with Crippen molar-refractivity contribution in [1.82, 2.24) is 10.3 Å². The predicted octanol–water partition coefficient (Wildman–Crippen LogP) is 2.63. The summed E-state index contributed by atoms with van der Waals surface area (Å²) in [4.78, 5) is 15.3. The summed E-state index contributed by atoms with van der Waals surface area (Å²) in [7, 11) is 0. The molecule has 1 rings (SSSR count). The molecule has 0 aliphatic rings. The van der Waals surface area contributed by atoms with E-state index in [2.05, 4.69) is 10.3 Å². The van der Waals surface area contributed by atoms with Gasteiger partial charge in [-0.05, 0) is 24.0 Å². The number of aromatic nitrogens is 1. The molecule has 1 aromatic rings. The maximum absolute atomic E-state index is 12.4. The summed E-state index contributed by atoms with van der Waals surface area (Å²) in [6.45, 7) is 5.61. The van der Waals surface area contributed by atoms with E-state index >= 15 is 0 Å². The molecule has 0 aliphatic heterocycles. The number of halogens is 3. The average Bonchev–Trinajstić information content (AvgIpc) is 2.36. The molecule has 1 amide bonds. The number of carbonyl (C=O) groups excluding carboxylic acids is 1. The fraction of sp³-hybridized carbons (Fsp3) is 0.571. The quantitative estimate of drug-likeness (QED) is 0.899. The van der Waals surface area contributed by atoms with Gasteiger partial charge in [-0.2, -0.15) is 13.2 Å². The van der Waals surface area contributed by atoms with E-state index in [0.717, 1.165) is 18.3 Å². The van der Waals surface area contributed by atoms with Gasteiger partial charge in [0.25, 0.3) is 5.91 Å². The Labute approximate surface area is 121 Å². The summed E-state index contributed by atoms with van der Waals surface area (Å²) >= 11 is 0. The molecule has 0 radical (unpaired) electrons. The topological polar surface area (TPSA) is 62.2 Å². The first-order valence-electron chi connectivity index (χ1n) is 6.50. The second-order valence-electron chi connectivity index (χ2n) is 5.83. The van der Waals surface area contributed by atoms with Gasteiger partial charge in [-0.1, -0.05) is 20.8 Å². The number of amides is 1. The van der Waals surface area contributed by atoms with E-state index in [4.69, 9.17) is 5.11 Å².